The third-order valence-electron chi connectivity index (χ3n) is 2.74. The zero-order chi connectivity index (χ0) is 16.2. The Kier molecular flexibility index (Phi) is 4.80. The molecular formula is C15H9ClFN3OS2. The van der Waals surface area contributed by atoms with Gasteiger partial charge in [-0.05, 0) is 41.8 Å². The summed E-state index contributed by atoms with van der Waals surface area (Å²) in [6, 6.07) is 9.32. The molecule has 2 aromatic heterocycles. The van der Waals surface area contributed by atoms with E-state index in [0.29, 0.717) is 15.7 Å². The van der Waals surface area contributed by atoms with Gasteiger partial charge in [-0.25, -0.2) is 4.39 Å². The van der Waals surface area contributed by atoms with Crippen LogP contribution >= 0.6 is 34.3 Å². The Balaban J connectivity index is 1.73. The van der Waals surface area contributed by atoms with Crippen LogP contribution < -0.4 is 5.32 Å². The predicted molar refractivity (Wildman–Crippen MR) is 92.3 cm³/mol. The highest BCUT2D eigenvalue weighted by Gasteiger charge is 2.15. The van der Waals surface area contributed by atoms with E-state index in [-0.39, 0.29) is 10.8 Å². The molecule has 2 heterocycles. The van der Waals surface area contributed by atoms with Crippen LogP contribution in [0.3, 0.4) is 0 Å². The lowest BCUT2D eigenvalue weighted by Gasteiger charge is -2.01. The first-order valence-corrected chi connectivity index (χ1v) is 8.51. The summed E-state index contributed by atoms with van der Waals surface area (Å²) in [5.74, 6) is -0.785. The molecule has 1 amide bonds. The SMILES string of the molecule is O=C(Nc1ccc(F)cc1)c1nnc(C(Cl)=Cc2cccs2)s1. The Morgan fingerprint density at radius 2 is 1.91 bits per heavy atom. The van der Waals surface area contributed by atoms with Crippen molar-refractivity contribution < 1.29 is 9.18 Å². The second kappa shape index (κ2) is 6.99. The second-order valence-electron chi connectivity index (χ2n) is 4.38. The topological polar surface area (TPSA) is 54.9 Å². The first kappa shape index (κ1) is 15.8. The molecule has 0 aliphatic carbocycles. The molecule has 0 unspecified atom stereocenters. The van der Waals surface area contributed by atoms with Crippen molar-refractivity contribution in [1.29, 1.82) is 0 Å². The fourth-order valence-corrected chi connectivity index (χ4v) is 3.33. The summed E-state index contributed by atoms with van der Waals surface area (Å²) in [6.45, 7) is 0. The predicted octanol–water partition coefficient (Wildman–Crippen LogP) is 4.73. The first-order valence-electron chi connectivity index (χ1n) is 6.43. The second-order valence-corrected chi connectivity index (χ2v) is 6.75. The van der Waals surface area contributed by atoms with Crippen LogP contribution in [0, 0.1) is 5.82 Å². The zero-order valence-corrected chi connectivity index (χ0v) is 13.9. The monoisotopic (exact) mass is 365 g/mol. The van der Waals surface area contributed by atoms with Crippen LogP contribution in [0.2, 0.25) is 0 Å². The third kappa shape index (κ3) is 4.01. The van der Waals surface area contributed by atoms with Crippen LogP contribution in [0.25, 0.3) is 11.1 Å². The first-order chi connectivity index (χ1) is 11.1. The van der Waals surface area contributed by atoms with Gasteiger partial charge < -0.3 is 5.32 Å². The summed E-state index contributed by atoms with van der Waals surface area (Å²) in [5.41, 5.74) is 0.480. The van der Waals surface area contributed by atoms with Crippen molar-refractivity contribution in [3.63, 3.8) is 0 Å². The highest BCUT2D eigenvalue weighted by molar-refractivity contribution is 7.15. The fourth-order valence-electron chi connectivity index (χ4n) is 1.69. The summed E-state index contributed by atoms with van der Waals surface area (Å²) in [6.07, 6.45) is 1.77. The number of carbonyl (C=O) groups is 1. The van der Waals surface area contributed by atoms with Crippen molar-refractivity contribution in [1.82, 2.24) is 10.2 Å². The molecule has 1 aromatic carbocycles. The van der Waals surface area contributed by atoms with Gasteiger partial charge in [-0.15, -0.1) is 21.5 Å². The summed E-state index contributed by atoms with van der Waals surface area (Å²) in [7, 11) is 0. The van der Waals surface area contributed by atoms with Gasteiger partial charge in [0.15, 0.2) is 5.01 Å². The van der Waals surface area contributed by atoms with Crippen LogP contribution in [0.4, 0.5) is 10.1 Å². The smallest absolute Gasteiger partial charge is 0.286 e. The number of halogens is 2. The molecule has 0 radical (unpaired) electrons. The van der Waals surface area contributed by atoms with E-state index in [1.807, 2.05) is 17.5 Å². The minimum absolute atomic E-state index is 0.182. The summed E-state index contributed by atoms with van der Waals surface area (Å²) in [4.78, 5) is 13.1. The van der Waals surface area contributed by atoms with Crippen molar-refractivity contribution in [3.05, 3.63) is 62.5 Å². The van der Waals surface area contributed by atoms with Crippen molar-refractivity contribution in [2.24, 2.45) is 0 Å². The van der Waals surface area contributed by atoms with Crippen LogP contribution in [-0.4, -0.2) is 16.1 Å². The van der Waals surface area contributed by atoms with Crippen LogP contribution in [0.15, 0.2) is 41.8 Å². The molecule has 4 nitrogen and oxygen atoms in total. The maximum atomic E-state index is 12.8. The van der Waals surface area contributed by atoms with E-state index >= 15 is 0 Å². The number of amides is 1. The average molecular weight is 366 g/mol. The molecule has 116 valence electrons. The number of rotatable bonds is 4. The lowest BCUT2D eigenvalue weighted by Crippen LogP contribution is -2.11. The van der Waals surface area contributed by atoms with Crippen molar-refractivity contribution in [3.8, 4) is 0 Å². The Morgan fingerprint density at radius 3 is 2.61 bits per heavy atom. The minimum Gasteiger partial charge on any atom is -0.320 e. The third-order valence-corrected chi connectivity index (χ3v) is 4.91. The number of nitrogens with zero attached hydrogens (tertiary/aromatic N) is 2. The Labute approximate surface area is 144 Å². The molecule has 0 fully saturated rings. The van der Waals surface area contributed by atoms with Gasteiger partial charge in [0.2, 0.25) is 5.01 Å². The van der Waals surface area contributed by atoms with Gasteiger partial charge in [0.25, 0.3) is 5.91 Å². The average Bonchev–Trinajstić information content (AvgIpc) is 3.20. The molecule has 3 aromatic rings. The Bertz CT molecular complexity index is 844. The molecule has 0 saturated carbocycles. The molecule has 0 aliphatic rings. The van der Waals surface area contributed by atoms with Crippen molar-refractivity contribution >= 4 is 57.0 Å². The quantitative estimate of drug-likeness (QED) is 0.727. The lowest BCUT2D eigenvalue weighted by molar-refractivity contribution is 0.102. The number of hydrogen-bond donors (Lipinski definition) is 1. The van der Waals surface area contributed by atoms with Crippen LogP contribution in [0.5, 0.6) is 0 Å². The van der Waals surface area contributed by atoms with E-state index in [4.69, 9.17) is 11.6 Å². The standard InChI is InChI=1S/C15H9ClFN3OS2/c16-12(8-11-2-1-7-22-11)14-19-20-15(23-14)13(21)18-10-5-3-9(17)4-6-10/h1-8H,(H,18,21). The van der Waals surface area contributed by atoms with Gasteiger partial charge in [0.05, 0.1) is 5.03 Å². The lowest BCUT2D eigenvalue weighted by atomic mass is 10.3. The molecule has 23 heavy (non-hydrogen) atoms. The Hall–Kier alpha value is -2.09. The summed E-state index contributed by atoms with van der Waals surface area (Å²) >= 11 is 8.83. The number of nitrogens with one attached hydrogen (secondary N) is 1. The van der Waals surface area contributed by atoms with Gasteiger partial charge in [0, 0.05) is 10.6 Å². The molecular weight excluding hydrogens is 357 g/mol. The molecule has 8 heteroatoms. The highest BCUT2D eigenvalue weighted by Crippen LogP contribution is 2.27. The number of aromatic nitrogens is 2. The molecule has 0 saturated heterocycles. The number of anilines is 1. The van der Waals surface area contributed by atoms with E-state index < -0.39 is 5.91 Å². The fraction of sp³-hybridized carbons (Fsp3) is 0. The van der Waals surface area contributed by atoms with Crippen LogP contribution in [-0.2, 0) is 0 Å². The molecule has 0 spiro atoms. The summed E-state index contributed by atoms with van der Waals surface area (Å²) in [5, 5.41) is 13.4. The molecule has 0 bridgehead atoms. The Morgan fingerprint density at radius 1 is 1.17 bits per heavy atom. The summed E-state index contributed by atoms with van der Waals surface area (Å²) < 4.78 is 12.8. The van der Waals surface area contributed by atoms with Crippen LogP contribution in [0.1, 0.15) is 19.7 Å². The minimum atomic E-state index is -0.416. The normalized spacial score (nSPS) is 11.5. The zero-order valence-electron chi connectivity index (χ0n) is 11.5. The van der Waals surface area contributed by atoms with Crippen molar-refractivity contribution in [2.75, 3.05) is 5.32 Å². The number of carbonyl (C=O) groups excluding carboxylic acids is 1. The molecule has 0 atom stereocenters. The van der Waals surface area contributed by atoms with E-state index in [2.05, 4.69) is 15.5 Å². The highest BCUT2D eigenvalue weighted by atomic mass is 35.5. The van der Waals surface area contributed by atoms with Gasteiger partial charge >= 0.3 is 0 Å². The number of benzene rings is 1. The largest absolute Gasteiger partial charge is 0.320 e. The van der Waals surface area contributed by atoms with E-state index in [1.54, 1.807) is 17.4 Å². The molecule has 1 N–H and O–H groups in total. The van der Waals surface area contributed by atoms with Gasteiger partial charge in [0.1, 0.15) is 5.82 Å². The maximum Gasteiger partial charge on any atom is 0.286 e. The van der Waals surface area contributed by atoms with E-state index in [1.165, 1.54) is 24.3 Å². The van der Waals surface area contributed by atoms with Crippen molar-refractivity contribution in [2.45, 2.75) is 0 Å². The van der Waals surface area contributed by atoms with Gasteiger partial charge in [-0.3, -0.25) is 4.79 Å². The number of thiophene rings is 1. The van der Waals surface area contributed by atoms with E-state index in [9.17, 15) is 9.18 Å². The maximum absolute atomic E-state index is 12.8. The van der Waals surface area contributed by atoms with E-state index in [0.717, 1.165) is 16.2 Å². The molecule has 0 aliphatic heterocycles. The van der Waals surface area contributed by atoms with Gasteiger partial charge in [-0.1, -0.05) is 29.0 Å². The van der Waals surface area contributed by atoms with Gasteiger partial charge in [-0.2, -0.15) is 0 Å². The number of hydrogen-bond acceptors (Lipinski definition) is 5. The molecule has 3 rings (SSSR count).